The van der Waals surface area contributed by atoms with Crippen molar-refractivity contribution < 1.29 is 4.79 Å². The first-order valence-corrected chi connectivity index (χ1v) is 7.61. The Bertz CT molecular complexity index is 553. The summed E-state index contributed by atoms with van der Waals surface area (Å²) in [4.78, 5) is 17.2. The molecule has 0 fully saturated rings. The standard InChI is InChI=1S/C16H20N2OS/c1-16(2,3)13-6-4-12(5-7-13)15(19)18-9-8-14-10-17-11-20-14/h4-7,10-11H,8-9H2,1-3H3,(H,18,19). The third-order valence-corrected chi connectivity index (χ3v) is 3.99. The molecule has 1 N–H and O–H groups in total. The molecular weight excluding hydrogens is 268 g/mol. The van der Waals surface area contributed by atoms with Crippen LogP contribution in [0.4, 0.5) is 0 Å². The van der Waals surface area contributed by atoms with Crippen LogP contribution >= 0.6 is 11.3 Å². The minimum Gasteiger partial charge on any atom is -0.352 e. The van der Waals surface area contributed by atoms with Crippen molar-refractivity contribution in [2.24, 2.45) is 0 Å². The summed E-state index contributed by atoms with van der Waals surface area (Å²) in [6.07, 6.45) is 2.67. The second-order valence-corrected chi connectivity index (χ2v) is 6.77. The third kappa shape index (κ3) is 3.90. The molecule has 3 nitrogen and oxygen atoms in total. The number of carbonyl (C=O) groups is 1. The molecule has 1 amide bonds. The van der Waals surface area contributed by atoms with Gasteiger partial charge in [0, 0.05) is 29.6 Å². The molecule has 2 rings (SSSR count). The molecule has 0 unspecified atom stereocenters. The Hall–Kier alpha value is -1.68. The second-order valence-electron chi connectivity index (χ2n) is 5.80. The zero-order valence-corrected chi connectivity index (χ0v) is 13.0. The molecule has 106 valence electrons. The highest BCUT2D eigenvalue weighted by Crippen LogP contribution is 2.22. The highest BCUT2D eigenvalue weighted by molar-refractivity contribution is 7.09. The van der Waals surface area contributed by atoms with Crippen LogP contribution in [0.1, 0.15) is 41.6 Å². The Morgan fingerprint density at radius 2 is 1.95 bits per heavy atom. The van der Waals surface area contributed by atoms with Crippen molar-refractivity contribution in [3.8, 4) is 0 Å². The van der Waals surface area contributed by atoms with Crippen molar-refractivity contribution in [1.29, 1.82) is 0 Å². The summed E-state index contributed by atoms with van der Waals surface area (Å²) in [5.74, 6) is -0.0185. The molecule has 0 spiro atoms. The van der Waals surface area contributed by atoms with E-state index >= 15 is 0 Å². The molecule has 0 saturated carbocycles. The van der Waals surface area contributed by atoms with Gasteiger partial charge in [-0.3, -0.25) is 9.78 Å². The van der Waals surface area contributed by atoms with Crippen LogP contribution < -0.4 is 5.32 Å². The molecule has 0 bridgehead atoms. The van der Waals surface area contributed by atoms with Crippen molar-refractivity contribution in [3.05, 3.63) is 52.0 Å². The maximum Gasteiger partial charge on any atom is 0.251 e. The maximum absolute atomic E-state index is 12.0. The Morgan fingerprint density at radius 3 is 2.50 bits per heavy atom. The molecule has 1 aromatic carbocycles. The van der Waals surface area contributed by atoms with Gasteiger partial charge in [-0.2, -0.15) is 0 Å². The first kappa shape index (κ1) is 14.7. The first-order valence-electron chi connectivity index (χ1n) is 6.73. The van der Waals surface area contributed by atoms with Gasteiger partial charge in [0.25, 0.3) is 5.91 Å². The van der Waals surface area contributed by atoms with Crippen LogP contribution in [0.25, 0.3) is 0 Å². The molecule has 0 atom stereocenters. The number of amides is 1. The van der Waals surface area contributed by atoms with Gasteiger partial charge in [-0.25, -0.2) is 0 Å². The maximum atomic E-state index is 12.0. The van der Waals surface area contributed by atoms with Crippen LogP contribution in [0.5, 0.6) is 0 Å². The van der Waals surface area contributed by atoms with Crippen LogP contribution in [0.3, 0.4) is 0 Å². The van der Waals surface area contributed by atoms with E-state index in [0.717, 1.165) is 6.42 Å². The number of nitrogens with one attached hydrogen (secondary N) is 1. The Kier molecular flexibility index (Phi) is 4.55. The van der Waals surface area contributed by atoms with Gasteiger partial charge >= 0.3 is 0 Å². The topological polar surface area (TPSA) is 42.0 Å². The van der Waals surface area contributed by atoms with Crippen LogP contribution in [0, 0.1) is 0 Å². The number of rotatable bonds is 4. The van der Waals surface area contributed by atoms with E-state index < -0.39 is 0 Å². The SMILES string of the molecule is CC(C)(C)c1ccc(C(=O)NCCc2cncs2)cc1. The molecule has 0 radical (unpaired) electrons. The highest BCUT2D eigenvalue weighted by Gasteiger charge is 2.14. The summed E-state index contributed by atoms with van der Waals surface area (Å²) in [6, 6.07) is 7.83. The molecule has 0 aliphatic rings. The molecule has 0 aliphatic heterocycles. The van der Waals surface area contributed by atoms with E-state index in [9.17, 15) is 4.79 Å². The van der Waals surface area contributed by atoms with E-state index in [1.54, 1.807) is 11.3 Å². The lowest BCUT2D eigenvalue weighted by atomic mass is 9.87. The first-order chi connectivity index (χ1) is 9.47. The van der Waals surface area contributed by atoms with E-state index in [2.05, 4.69) is 31.1 Å². The Labute approximate surface area is 124 Å². The van der Waals surface area contributed by atoms with Crippen molar-refractivity contribution in [1.82, 2.24) is 10.3 Å². The number of nitrogens with zero attached hydrogens (tertiary/aromatic N) is 1. The Balaban J connectivity index is 1.89. The number of hydrogen-bond acceptors (Lipinski definition) is 3. The molecular formula is C16H20N2OS. The van der Waals surface area contributed by atoms with Crippen LogP contribution in [0.2, 0.25) is 0 Å². The average Bonchev–Trinajstić information content (AvgIpc) is 2.91. The van der Waals surface area contributed by atoms with Gasteiger partial charge in [-0.1, -0.05) is 32.9 Å². The summed E-state index contributed by atoms with van der Waals surface area (Å²) in [7, 11) is 0. The minimum atomic E-state index is -0.0185. The summed E-state index contributed by atoms with van der Waals surface area (Å²) in [5.41, 5.74) is 3.87. The minimum absolute atomic E-state index is 0.0185. The number of thiazole rings is 1. The van der Waals surface area contributed by atoms with Gasteiger partial charge in [-0.05, 0) is 23.1 Å². The van der Waals surface area contributed by atoms with E-state index in [0.29, 0.717) is 12.1 Å². The van der Waals surface area contributed by atoms with Crippen molar-refractivity contribution in [3.63, 3.8) is 0 Å². The van der Waals surface area contributed by atoms with Crippen molar-refractivity contribution in [2.75, 3.05) is 6.54 Å². The highest BCUT2D eigenvalue weighted by atomic mass is 32.1. The zero-order chi connectivity index (χ0) is 14.6. The van der Waals surface area contributed by atoms with Gasteiger partial charge < -0.3 is 5.32 Å². The summed E-state index contributed by atoms with van der Waals surface area (Å²) >= 11 is 1.61. The van der Waals surface area contributed by atoms with Crippen LogP contribution in [0.15, 0.2) is 36.0 Å². The Morgan fingerprint density at radius 1 is 1.25 bits per heavy atom. The lowest BCUT2D eigenvalue weighted by Crippen LogP contribution is -2.25. The molecule has 4 heteroatoms. The smallest absolute Gasteiger partial charge is 0.251 e. The quantitative estimate of drug-likeness (QED) is 0.936. The van der Waals surface area contributed by atoms with Gasteiger partial charge in [0.2, 0.25) is 0 Å². The fourth-order valence-corrected chi connectivity index (χ4v) is 2.49. The van der Waals surface area contributed by atoms with Gasteiger partial charge in [-0.15, -0.1) is 11.3 Å². The largest absolute Gasteiger partial charge is 0.352 e. The predicted molar refractivity (Wildman–Crippen MR) is 83.3 cm³/mol. The molecule has 2 aromatic rings. The molecule has 0 saturated heterocycles. The summed E-state index contributed by atoms with van der Waals surface area (Å²) < 4.78 is 0. The van der Waals surface area contributed by atoms with Crippen molar-refractivity contribution >= 4 is 17.2 Å². The van der Waals surface area contributed by atoms with Crippen molar-refractivity contribution in [2.45, 2.75) is 32.6 Å². The number of hydrogen-bond donors (Lipinski definition) is 1. The summed E-state index contributed by atoms with van der Waals surface area (Å²) in [5, 5.41) is 2.94. The van der Waals surface area contributed by atoms with Gasteiger partial charge in [0.15, 0.2) is 0 Å². The summed E-state index contributed by atoms with van der Waals surface area (Å²) in [6.45, 7) is 7.13. The molecule has 0 aliphatic carbocycles. The van der Waals surface area contributed by atoms with E-state index in [-0.39, 0.29) is 11.3 Å². The van der Waals surface area contributed by atoms with Crippen LogP contribution in [-0.2, 0) is 11.8 Å². The van der Waals surface area contributed by atoms with Gasteiger partial charge in [0.1, 0.15) is 0 Å². The zero-order valence-electron chi connectivity index (χ0n) is 12.1. The molecule has 1 aromatic heterocycles. The van der Waals surface area contributed by atoms with E-state index in [1.807, 2.05) is 36.0 Å². The number of carbonyl (C=O) groups excluding carboxylic acids is 1. The molecule has 1 heterocycles. The molecule has 20 heavy (non-hydrogen) atoms. The lowest BCUT2D eigenvalue weighted by molar-refractivity contribution is 0.0954. The van der Waals surface area contributed by atoms with E-state index in [4.69, 9.17) is 0 Å². The second kappa shape index (κ2) is 6.18. The predicted octanol–water partition coefficient (Wildman–Crippen LogP) is 3.41. The number of benzene rings is 1. The average molecular weight is 288 g/mol. The third-order valence-electron chi connectivity index (χ3n) is 3.15. The van der Waals surface area contributed by atoms with Gasteiger partial charge in [0.05, 0.1) is 5.51 Å². The normalized spacial score (nSPS) is 11.3. The fourth-order valence-electron chi connectivity index (χ4n) is 1.89. The fraction of sp³-hybridized carbons (Fsp3) is 0.375. The number of aromatic nitrogens is 1. The van der Waals surface area contributed by atoms with E-state index in [1.165, 1.54) is 10.4 Å². The lowest BCUT2D eigenvalue weighted by Gasteiger charge is -2.19. The monoisotopic (exact) mass is 288 g/mol. The van der Waals surface area contributed by atoms with Crippen LogP contribution in [-0.4, -0.2) is 17.4 Å².